The maximum Gasteiger partial charge on any atom is 0.261 e. The van der Waals surface area contributed by atoms with E-state index in [9.17, 15) is 8.42 Å². The van der Waals surface area contributed by atoms with Crippen LogP contribution >= 0.6 is 0 Å². The lowest BCUT2D eigenvalue weighted by molar-refractivity contribution is 0.509. The second-order valence-electron chi connectivity index (χ2n) is 7.24. The van der Waals surface area contributed by atoms with Crippen molar-refractivity contribution in [3.05, 3.63) is 66.2 Å². The molecule has 1 aliphatic rings. The zero-order valence-electron chi connectivity index (χ0n) is 15.3. The molecule has 6 heteroatoms. The van der Waals surface area contributed by atoms with Crippen molar-refractivity contribution in [2.75, 3.05) is 4.72 Å². The fraction of sp³-hybridized carbons (Fsp3) is 0.286. The topological polar surface area (TPSA) is 72.2 Å². The Hall–Kier alpha value is -2.60. The van der Waals surface area contributed by atoms with Gasteiger partial charge in [0.1, 0.15) is 0 Å². The van der Waals surface area contributed by atoms with Crippen LogP contribution in [-0.4, -0.2) is 13.4 Å². The van der Waals surface area contributed by atoms with Gasteiger partial charge < -0.3 is 4.42 Å². The zero-order valence-corrected chi connectivity index (χ0v) is 16.2. The van der Waals surface area contributed by atoms with E-state index in [2.05, 4.69) is 23.6 Å². The Morgan fingerprint density at radius 3 is 2.30 bits per heavy atom. The number of hydrogen-bond donors (Lipinski definition) is 1. The molecule has 1 heterocycles. The van der Waals surface area contributed by atoms with Crippen LogP contribution in [0.5, 0.6) is 0 Å². The summed E-state index contributed by atoms with van der Waals surface area (Å²) in [5.74, 6) is 2.29. The van der Waals surface area contributed by atoms with Gasteiger partial charge in [-0.25, -0.2) is 13.4 Å². The normalized spacial score (nSPS) is 14.5. The molecule has 5 nitrogen and oxygen atoms in total. The van der Waals surface area contributed by atoms with Gasteiger partial charge in [0.05, 0.1) is 11.1 Å². The van der Waals surface area contributed by atoms with Gasteiger partial charge in [0.2, 0.25) is 0 Å². The minimum atomic E-state index is -3.64. The molecule has 4 rings (SSSR count). The molecule has 1 saturated carbocycles. The third-order valence-electron chi connectivity index (χ3n) is 4.73. The van der Waals surface area contributed by atoms with Gasteiger partial charge in [0.15, 0.2) is 11.7 Å². The third kappa shape index (κ3) is 3.90. The molecule has 1 fully saturated rings. The number of oxazole rings is 1. The highest BCUT2D eigenvalue weighted by Crippen LogP contribution is 2.40. The minimum Gasteiger partial charge on any atom is -0.440 e. The van der Waals surface area contributed by atoms with Crippen LogP contribution in [0, 0.1) is 0 Å². The van der Waals surface area contributed by atoms with Gasteiger partial charge in [-0.15, -0.1) is 0 Å². The summed E-state index contributed by atoms with van der Waals surface area (Å²) in [6, 6.07) is 14.1. The first-order valence-electron chi connectivity index (χ1n) is 9.11. The van der Waals surface area contributed by atoms with Crippen LogP contribution in [-0.2, 0) is 10.0 Å². The van der Waals surface area contributed by atoms with E-state index >= 15 is 0 Å². The van der Waals surface area contributed by atoms with E-state index in [4.69, 9.17) is 4.42 Å². The fourth-order valence-electron chi connectivity index (χ4n) is 2.89. The molecule has 1 aliphatic carbocycles. The van der Waals surface area contributed by atoms with Gasteiger partial charge >= 0.3 is 0 Å². The molecular weight excluding hydrogens is 360 g/mol. The van der Waals surface area contributed by atoms with Crippen molar-refractivity contribution in [1.29, 1.82) is 0 Å². The van der Waals surface area contributed by atoms with E-state index in [1.165, 1.54) is 5.56 Å². The van der Waals surface area contributed by atoms with Crippen molar-refractivity contribution in [2.24, 2.45) is 0 Å². The number of sulfonamides is 1. The molecule has 140 valence electrons. The summed E-state index contributed by atoms with van der Waals surface area (Å²) in [5.41, 5.74) is 2.53. The van der Waals surface area contributed by atoms with Crippen molar-refractivity contribution >= 4 is 15.7 Å². The number of benzene rings is 2. The number of anilines is 1. The van der Waals surface area contributed by atoms with Gasteiger partial charge in [0, 0.05) is 17.2 Å². The van der Waals surface area contributed by atoms with E-state index < -0.39 is 10.0 Å². The molecule has 0 radical (unpaired) electrons. The zero-order chi connectivity index (χ0) is 19.0. The first-order valence-corrected chi connectivity index (χ1v) is 10.6. The number of rotatable bonds is 6. The Bertz CT molecular complexity index is 1030. The summed E-state index contributed by atoms with van der Waals surface area (Å²) in [4.78, 5) is 4.51. The Morgan fingerprint density at radius 2 is 1.70 bits per heavy atom. The monoisotopic (exact) mass is 382 g/mol. The molecule has 0 spiro atoms. The average Bonchev–Trinajstić information content (AvgIpc) is 3.39. The highest BCUT2D eigenvalue weighted by Gasteiger charge is 2.28. The van der Waals surface area contributed by atoms with Gasteiger partial charge in [-0.1, -0.05) is 26.0 Å². The van der Waals surface area contributed by atoms with Crippen molar-refractivity contribution in [3.8, 4) is 11.3 Å². The highest BCUT2D eigenvalue weighted by molar-refractivity contribution is 7.92. The van der Waals surface area contributed by atoms with Gasteiger partial charge in [-0.3, -0.25) is 4.72 Å². The number of nitrogens with zero attached hydrogens (tertiary/aromatic N) is 1. The van der Waals surface area contributed by atoms with E-state index in [1.54, 1.807) is 42.6 Å². The molecule has 0 bridgehead atoms. The maximum absolute atomic E-state index is 12.6. The van der Waals surface area contributed by atoms with Crippen LogP contribution < -0.4 is 4.72 Å². The molecule has 3 aromatic rings. The van der Waals surface area contributed by atoms with E-state index in [-0.39, 0.29) is 4.90 Å². The summed E-state index contributed by atoms with van der Waals surface area (Å²) in [6.45, 7) is 4.20. The Balaban J connectivity index is 1.51. The number of hydrogen-bond acceptors (Lipinski definition) is 4. The second-order valence-corrected chi connectivity index (χ2v) is 8.93. The molecule has 0 unspecified atom stereocenters. The molecule has 0 saturated heterocycles. The first kappa shape index (κ1) is 17.8. The lowest BCUT2D eigenvalue weighted by Gasteiger charge is -2.10. The van der Waals surface area contributed by atoms with Crippen LogP contribution in [0.25, 0.3) is 11.3 Å². The minimum absolute atomic E-state index is 0.209. The Morgan fingerprint density at radius 1 is 1.04 bits per heavy atom. The summed E-state index contributed by atoms with van der Waals surface area (Å²) < 4.78 is 33.6. The smallest absolute Gasteiger partial charge is 0.261 e. The van der Waals surface area contributed by atoms with Crippen LogP contribution in [0.2, 0.25) is 0 Å². The SMILES string of the molecule is CC(C)c1ccc(NS(=O)(=O)c2ccc(-c3cnc(C4CC4)o3)cc2)cc1. The fourth-order valence-corrected chi connectivity index (χ4v) is 3.95. The van der Waals surface area contributed by atoms with Crippen LogP contribution in [0.15, 0.2) is 64.0 Å². The standard InChI is InChI=1S/C21H22N2O3S/c1-14(2)15-5-9-18(10-6-15)23-27(24,25)19-11-7-16(8-12-19)20-13-22-21(26-20)17-3-4-17/h5-14,17,23H,3-4H2,1-2H3. The van der Waals surface area contributed by atoms with Crippen LogP contribution in [0.3, 0.4) is 0 Å². The molecule has 1 N–H and O–H groups in total. The maximum atomic E-state index is 12.6. The summed E-state index contributed by atoms with van der Waals surface area (Å²) >= 11 is 0. The van der Waals surface area contributed by atoms with Gasteiger partial charge in [-0.2, -0.15) is 0 Å². The van der Waals surface area contributed by atoms with Crippen molar-refractivity contribution < 1.29 is 12.8 Å². The lowest BCUT2D eigenvalue weighted by atomic mass is 10.0. The number of nitrogens with one attached hydrogen (secondary N) is 1. The van der Waals surface area contributed by atoms with E-state index in [0.29, 0.717) is 23.3 Å². The molecule has 1 aromatic heterocycles. The predicted molar refractivity (Wildman–Crippen MR) is 105 cm³/mol. The van der Waals surface area contributed by atoms with Crippen molar-refractivity contribution in [2.45, 2.75) is 43.4 Å². The second kappa shape index (κ2) is 6.85. The molecule has 0 aliphatic heterocycles. The summed E-state index contributed by atoms with van der Waals surface area (Å²) in [7, 11) is -3.64. The Labute approximate surface area is 159 Å². The number of aromatic nitrogens is 1. The molecule has 0 atom stereocenters. The average molecular weight is 382 g/mol. The largest absolute Gasteiger partial charge is 0.440 e. The molecule has 2 aromatic carbocycles. The van der Waals surface area contributed by atoms with Crippen LogP contribution in [0.1, 0.15) is 50.0 Å². The van der Waals surface area contributed by atoms with Crippen molar-refractivity contribution in [3.63, 3.8) is 0 Å². The summed E-state index contributed by atoms with van der Waals surface area (Å²) in [5, 5.41) is 0. The van der Waals surface area contributed by atoms with Gasteiger partial charge in [-0.05, 0) is 60.7 Å². The van der Waals surface area contributed by atoms with E-state index in [0.717, 1.165) is 24.3 Å². The molecule has 27 heavy (non-hydrogen) atoms. The third-order valence-corrected chi connectivity index (χ3v) is 6.13. The molecular formula is C21H22N2O3S. The van der Waals surface area contributed by atoms with Gasteiger partial charge in [0.25, 0.3) is 10.0 Å². The Kier molecular flexibility index (Phi) is 4.52. The van der Waals surface area contributed by atoms with Crippen LogP contribution in [0.4, 0.5) is 5.69 Å². The first-order chi connectivity index (χ1) is 12.9. The predicted octanol–water partition coefficient (Wildman–Crippen LogP) is 5.14. The van der Waals surface area contributed by atoms with E-state index in [1.807, 2.05) is 12.1 Å². The highest BCUT2D eigenvalue weighted by atomic mass is 32.2. The molecule has 0 amide bonds. The quantitative estimate of drug-likeness (QED) is 0.640. The summed E-state index contributed by atoms with van der Waals surface area (Å²) in [6.07, 6.45) is 3.95. The van der Waals surface area contributed by atoms with Crippen molar-refractivity contribution in [1.82, 2.24) is 4.98 Å². The lowest BCUT2D eigenvalue weighted by Crippen LogP contribution is -2.12.